The summed E-state index contributed by atoms with van der Waals surface area (Å²) in [6.45, 7) is 0. The van der Waals surface area contributed by atoms with E-state index in [0.29, 0.717) is 0 Å². The SMILES string of the molecule is c1ccc(-n2c3cc(-c4cn5[n+](c4)C46c7c(cccc7-5)Oc5ccc7c8ccccc8n(c7c54)-c4cccc[n+]46)ccc3c3ncccc32)cc1. The average Bonchev–Trinajstić information content (AvgIpc) is 3.93. The number of aromatic nitrogens is 6. The molecule has 0 saturated carbocycles. The van der Waals surface area contributed by atoms with Crippen LogP contribution in [0.25, 0.3) is 72.1 Å². The molecule has 51 heavy (non-hydrogen) atoms. The Morgan fingerprint density at radius 2 is 1.45 bits per heavy atom. The van der Waals surface area contributed by atoms with Crippen LogP contribution in [-0.2, 0) is 5.66 Å². The van der Waals surface area contributed by atoms with Crippen LogP contribution in [-0.4, -0.2) is 18.8 Å². The van der Waals surface area contributed by atoms with E-state index in [-0.39, 0.29) is 0 Å². The van der Waals surface area contributed by atoms with Gasteiger partial charge in [0.05, 0.1) is 34.5 Å². The van der Waals surface area contributed by atoms with E-state index in [9.17, 15) is 0 Å². The highest BCUT2D eigenvalue weighted by molar-refractivity contribution is 6.11. The minimum absolute atomic E-state index is 0.717. The van der Waals surface area contributed by atoms with Gasteiger partial charge in [-0.3, -0.25) is 4.98 Å². The zero-order chi connectivity index (χ0) is 33.0. The highest BCUT2D eigenvalue weighted by atomic mass is 16.5. The Bertz CT molecular complexity index is 3190. The van der Waals surface area contributed by atoms with Crippen molar-refractivity contribution in [2.75, 3.05) is 0 Å². The van der Waals surface area contributed by atoms with Crippen LogP contribution in [0.1, 0.15) is 11.1 Å². The second-order valence-corrected chi connectivity index (χ2v) is 13.7. The van der Waals surface area contributed by atoms with Gasteiger partial charge in [-0.25, -0.2) is 0 Å². The molecule has 236 valence electrons. The van der Waals surface area contributed by atoms with Crippen molar-refractivity contribution in [2.24, 2.45) is 0 Å². The summed E-state index contributed by atoms with van der Waals surface area (Å²) in [7, 11) is 0. The highest BCUT2D eigenvalue weighted by Gasteiger charge is 2.68. The molecule has 3 aliphatic heterocycles. The van der Waals surface area contributed by atoms with Gasteiger partial charge in [0.15, 0.2) is 11.1 Å². The molecule has 1 atom stereocenters. The Balaban J connectivity index is 1.14. The standard InChI is InChI=1S/C44H26N6O/c1-2-10-29(11-3-1)49-35-15-9-22-45-42(35)32-19-18-27(24-36(32)49)28-25-47-34-14-8-16-37-40(34)44(48(47)26-28)41-38(51-37)21-20-31-30-12-4-5-13-33(30)50(43(31)41)39-17-6-7-23-46(39)44/h1-26H/q+2. The van der Waals surface area contributed by atoms with Crippen molar-refractivity contribution in [3.8, 4) is 39.8 Å². The van der Waals surface area contributed by atoms with E-state index in [0.717, 1.165) is 72.9 Å². The third-order valence-electron chi connectivity index (χ3n) is 11.3. The number of fused-ring (bicyclic) bond motifs is 10. The van der Waals surface area contributed by atoms with Crippen molar-refractivity contribution in [2.45, 2.75) is 5.66 Å². The quantitative estimate of drug-likeness (QED) is 0.176. The number of pyridine rings is 2. The summed E-state index contributed by atoms with van der Waals surface area (Å²) in [5.74, 6) is 2.87. The molecule has 8 heterocycles. The molecule has 5 aromatic heterocycles. The van der Waals surface area contributed by atoms with Crippen LogP contribution in [0.4, 0.5) is 0 Å². The molecular weight excluding hydrogens is 629 g/mol. The maximum Gasteiger partial charge on any atom is 0.397 e. The van der Waals surface area contributed by atoms with Crippen LogP contribution in [0.2, 0.25) is 0 Å². The van der Waals surface area contributed by atoms with Crippen LogP contribution >= 0.6 is 0 Å². The average molecular weight is 655 g/mol. The molecule has 0 amide bonds. The molecule has 0 bridgehead atoms. The van der Waals surface area contributed by atoms with Gasteiger partial charge in [-0.15, -0.1) is 4.68 Å². The molecule has 10 aromatic rings. The van der Waals surface area contributed by atoms with E-state index in [1.54, 1.807) is 0 Å². The van der Waals surface area contributed by atoms with Gasteiger partial charge in [0.1, 0.15) is 28.3 Å². The molecule has 7 heteroatoms. The van der Waals surface area contributed by atoms with E-state index in [1.165, 1.54) is 21.8 Å². The molecule has 0 aliphatic carbocycles. The van der Waals surface area contributed by atoms with Crippen molar-refractivity contribution in [3.63, 3.8) is 0 Å². The summed E-state index contributed by atoms with van der Waals surface area (Å²) in [6.07, 6.45) is 8.72. The fraction of sp³-hybridized carbons (Fsp3) is 0.0227. The minimum Gasteiger partial charge on any atom is -0.456 e. The maximum absolute atomic E-state index is 6.83. The van der Waals surface area contributed by atoms with Crippen LogP contribution < -0.4 is 14.0 Å². The number of hydrogen-bond donors (Lipinski definition) is 0. The monoisotopic (exact) mass is 654 g/mol. The van der Waals surface area contributed by atoms with Crippen molar-refractivity contribution >= 4 is 43.7 Å². The van der Waals surface area contributed by atoms with E-state index < -0.39 is 5.66 Å². The largest absolute Gasteiger partial charge is 0.456 e. The lowest BCUT2D eigenvalue weighted by molar-refractivity contribution is -0.993. The zero-order valence-electron chi connectivity index (χ0n) is 27.1. The molecule has 7 nitrogen and oxygen atoms in total. The third kappa shape index (κ3) is 2.90. The molecule has 13 rings (SSSR count). The van der Waals surface area contributed by atoms with Crippen molar-refractivity contribution in [1.29, 1.82) is 0 Å². The third-order valence-corrected chi connectivity index (χ3v) is 11.3. The highest BCUT2D eigenvalue weighted by Crippen LogP contribution is 2.55. The maximum atomic E-state index is 6.83. The Morgan fingerprint density at radius 3 is 2.41 bits per heavy atom. The first-order valence-electron chi connectivity index (χ1n) is 17.3. The fourth-order valence-electron chi connectivity index (χ4n) is 9.43. The normalized spacial score (nSPS) is 16.1. The summed E-state index contributed by atoms with van der Waals surface area (Å²) >= 11 is 0. The molecule has 0 radical (unpaired) electrons. The van der Waals surface area contributed by atoms with Crippen molar-refractivity contribution < 1.29 is 14.0 Å². The topological polar surface area (TPSA) is 44.7 Å². The Morgan fingerprint density at radius 1 is 0.608 bits per heavy atom. The van der Waals surface area contributed by atoms with Gasteiger partial charge >= 0.3 is 5.66 Å². The lowest BCUT2D eigenvalue weighted by atomic mass is 9.84. The molecule has 1 unspecified atom stereocenters. The van der Waals surface area contributed by atoms with Gasteiger partial charge in [-0.05, 0) is 84.4 Å². The van der Waals surface area contributed by atoms with E-state index >= 15 is 0 Å². The predicted octanol–water partition coefficient (Wildman–Crippen LogP) is 8.34. The smallest absolute Gasteiger partial charge is 0.397 e. The minimum atomic E-state index is -0.717. The van der Waals surface area contributed by atoms with Crippen LogP contribution in [0, 0.1) is 0 Å². The van der Waals surface area contributed by atoms with Crippen LogP contribution in [0.3, 0.4) is 0 Å². The number of nitrogens with zero attached hydrogens (tertiary/aromatic N) is 6. The van der Waals surface area contributed by atoms with Crippen LogP contribution in [0.15, 0.2) is 158 Å². The summed E-state index contributed by atoms with van der Waals surface area (Å²) in [4.78, 5) is 4.82. The van der Waals surface area contributed by atoms with Gasteiger partial charge in [0.25, 0.3) is 5.82 Å². The molecular formula is C44H26N6O+2. The van der Waals surface area contributed by atoms with Gasteiger partial charge < -0.3 is 9.30 Å². The Kier molecular flexibility index (Phi) is 4.46. The summed E-state index contributed by atoms with van der Waals surface area (Å²) in [6, 6.07) is 47.6. The molecule has 0 N–H and O–H groups in total. The lowest BCUT2D eigenvalue weighted by Crippen LogP contribution is -2.76. The van der Waals surface area contributed by atoms with E-state index in [1.807, 2.05) is 12.3 Å². The molecule has 1 spiro atoms. The fourth-order valence-corrected chi connectivity index (χ4v) is 9.43. The zero-order valence-corrected chi connectivity index (χ0v) is 27.1. The second-order valence-electron chi connectivity index (χ2n) is 13.7. The first-order valence-corrected chi connectivity index (χ1v) is 17.3. The summed E-state index contributed by atoms with van der Waals surface area (Å²) < 4.78 is 18.8. The predicted molar refractivity (Wildman–Crippen MR) is 196 cm³/mol. The number of para-hydroxylation sites is 2. The first-order chi connectivity index (χ1) is 25.3. The second kappa shape index (κ2) is 8.77. The molecule has 0 fully saturated rings. The van der Waals surface area contributed by atoms with Gasteiger partial charge in [-0.2, -0.15) is 9.13 Å². The number of rotatable bonds is 2. The molecule has 0 saturated heterocycles. The summed E-state index contributed by atoms with van der Waals surface area (Å²) in [5.41, 5.74) is 11.7. The van der Waals surface area contributed by atoms with Gasteiger partial charge in [0.2, 0.25) is 6.20 Å². The molecule has 5 aromatic carbocycles. The number of benzene rings is 5. The van der Waals surface area contributed by atoms with Crippen molar-refractivity contribution in [1.82, 2.24) is 18.8 Å². The van der Waals surface area contributed by atoms with E-state index in [2.05, 4.69) is 169 Å². The molecule has 3 aliphatic rings. The number of hydrogen-bond acceptors (Lipinski definition) is 2. The van der Waals surface area contributed by atoms with E-state index in [4.69, 9.17) is 9.72 Å². The lowest BCUT2D eigenvalue weighted by Gasteiger charge is -2.32. The summed E-state index contributed by atoms with van der Waals surface area (Å²) in [5, 5.41) is 3.59. The Labute approximate surface area is 290 Å². The van der Waals surface area contributed by atoms with Crippen LogP contribution in [0.5, 0.6) is 11.5 Å². The van der Waals surface area contributed by atoms with Gasteiger partial charge in [-0.1, -0.05) is 53.2 Å². The number of ether oxygens (including phenoxy) is 1. The van der Waals surface area contributed by atoms with Crippen molar-refractivity contribution in [3.05, 3.63) is 169 Å². The van der Waals surface area contributed by atoms with Gasteiger partial charge in [0, 0.05) is 34.1 Å². The Hall–Kier alpha value is -6.99. The first kappa shape index (κ1) is 26.0.